The quantitative estimate of drug-likeness (QED) is 0.695. The topological polar surface area (TPSA) is 103 Å². The Morgan fingerprint density at radius 3 is 2.11 bits per heavy atom. The third-order valence-corrected chi connectivity index (χ3v) is 5.59. The molecule has 8 nitrogen and oxygen atoms in total. The second-order valence-corrected chi connectivity index (χ2v) is 7.75. The van der Waals surface area contributed by atoms with Crippen LogP contribution in [0.15, 0.2) is 41.3 Å². The Hall–Kier alpha value is -2.78. The highest BCUT2D eigenvalue weighted by atomic mass is 32.2. The molecule has 2 rings (SSSR count). The first-order chi connectivity index (χ1) is 13.2. The fourth-order valence-electron chi connectivity index (χ4n) is 2.54. The zero-order valence-corrected chi connectivity index (χ0v) is 17.2. The van der Waals surface area contributed by atoms with Gasteiger partial charge >= 0.3 is 0 Å². The van der Waals surface area contributed by atoms with Crippen LogP contribution < -0.4 is 24.2 Å². The summed E-state index contributed by atoms with van der Waals surface area (Å²) in [5, 5.41) is 2.65. The molecule has 9 heteroatoms. The minimum atomic E-state index is -3.88. The molecule has 1 amide bonds. The molecule has 0 bridgehead atoms. The average Bonchev–Trinajstić information content (AvgIpc) is 2.67. The van der Waals surface area contributed by atoms with Crippen LogP contribution in [0.25, 0.3) is 0 Å². The molecule has 2 aromatic carbocycles. The van der Waals surface area contributed by atoms with E-state index in [-0.39, 0.29) is 4.90 Å². The lowest BCUT2D eigenvalue weighted by Crippen LogP contribution is -2.41. The maximum Gasteiger partial charge on any atom is 0.242 e. The van der Waals surface area contributed by atoms with Crippen molar-refractivity contribution in [2.24, 2.45) is 0 Å². The second-order valence-electron chi connectivity index (χ2n) is 6.03. The van der Waals surface area contributed by atoms with E-state index in [4.69, 9.17) is 14.2 Å². The zero-order valence-electron chi connectivity index (χ0n) is 16.4. The molecule has 0 heterocycles. The summed E-state index contributed by atoms with van der Waals surface area (Å²) in [5.41, 5.74) is 1.13. The smallest absolute Gasteiger partial charge is 0.242 e. The molecule has 0 unspecified atom stereocenters. The van der Waals surface area contributed by atoms with Crippen molar-refractivity contribution in [1.29, 1.82) is 0 Å². The SMILES string of the molecule is COc1ccc(S(=O)(=O)N[C@H](C)C(=O)Nc2ccc(OC)c(OC)c2)cc1C. The molecule has 0 radical (unpaired) electrons. The predicted molar refractivity (Wildman–Crippen MR) is 106 cm³/mol. The highest BCUT2D eigenvalue weighted by molar-refractivity contribution is 7.89. The van der Waals surface area contributed by atoms with Gasteiger partial charge in [0.15, 0.2) is 11.5 Å². The number of amides is 1. The number of anilines is 1. The Morgan fingerprint density at radius 2 is 1.54 bits per heavy atom. The monoisotopic (exact) mass is 408 g/mol. The van der Waals surface area contributed by atoms with Gasteiger partial charge in [0, 0.05) is 11.8 Å². The van der Waals surface area contributed by atoms with Crippen molar-refractivity contribution in [3.8, 4) is 17.2 Å². The number of carbonyl (C=O) groups excluding carboxylic acids is 1. The van der Waals surface area contributed by atoms with Gasteiger partial charge in [-0.15, -0.1) is 0 Å². The lowest BCUT2D eigenvalue weighted by atomic mass is 10.2. The summed E-state index contributed by atoms with van der Waals surface area (Å²) in [7, 11) is 0.621. The van der Waals surface area contributed by atoms with Crippen LogP contribution in [0.3, 0.4) is 0 Å². The van der Waals surface area contributed by atoms with Crippen LogP contribution in [0.2, 0.25) is 0 Å². The van der Waals surface area contributed by atoms with Gasteiger partial charge in [-0.05, 0) is 49.7 Å². The van der Waals surface area contributed by atoms with Crippen LogP contribution >= 0.6 is 0 Å². The van der Waals surface area contributed by atoms with Crippen molar-refractivity contribution in [2.75, 3.05) is 26.6 Å². The summed E-state index contributed by atoms with van der Waals surface area (Å²) in [5.74, 6) is 1.03. The lowest BCUT2D eigenvalue weighted by molar-refractivity contribution is -0.117. The van der Waals surface area contributed by atoms with Crippen molar-refractivity contribution >= 4 is 21.6 Å². The number of methoxy groups -OCH3 is 3. The number of sulfonamides is 1. The van der Waals surface area contributed by atoms with Crippen LogP contribution in [0.1, 0.15) is 12.5 Å². The highest BCUT2D eigenvalue weighted by Gasteiger charge is 2.23. The zero-order chi connectivity index (χ0) is 20.9. The van der Waals surface area contributed by atoms with E-state index in [1.807, 2.05) is 0 Å². The number of ether oxygens (including phenoxy) is 3. The van der Waals surface area contributed by atoms with Gasteiger partial charge in [0.05, 0.1) is 32.3 Å². The number of carbonyl (C=O) groups is 1. The molecule has 1 atom stereocenters. The molecule has 0 aliphatic carbocycles. The average molecular weight is 408 g/mol. The Morgan fingerprint density at radius 1 is 0.929 bits per heavy atom. The van der Waals surface area contributed by atoms with Crippen molar-refractivity contribution in [3.05, 3.63) is 42.0 Å². The largest absolute Gasteiger partial charge is 0.496 e. The number of rotatable bonds is 8. The van der Waals surface area contributed by atoms with Gasteiger partial charge in [-0.25, -0.2) is 8.42 Å². The molecule has 28 heavy (non-hydrogen) atoms. The van der Waals surface area contributed by atoms with Crippen LogP contribution in [-0.4, -0.2) is 41.7 Å². The molecular weight excluding hydrogens is 384 g/mol. The first-order valence-electron chi connectivity index (χ1n) is 8.41. The third-order valence-electron chi connectivity index (χ3n) is 4.05. The Balaban J connectivity index is 2.12. The number of hydrogen-bond acceptors (Lipinski definition) is 6. The third kappa shape index (κ3) is 4.93. The molecule has 0 aromatic heterocycles. The number of benzene rings is 2. The molecule has 152 valence electrons. The van der Waals surface area contributed by atoms with Crippen LogP contribution in [-0.2, 0) is 14.8 Å². The van der Waals surface area contributed by atoms with Gasteiger partial charge in [-0.3, -0.25) is 4.79 Å². The van der Waals surface area contributed by atoms with Gasteiger partial charge in [-0.1, -0.05) is 0 Å². The molecule has 0 fully saturated rings. The summed E-state index contributed by atoms with van der Waals surface area (Å²) in [6.07, 6.45) is 0. The van der Waals surface area contributed by atoms with Crippen LogP contribution in [0.5, 0.6) is 17.2 Å². The molecule has 0 aliphatic rings. The maximum atomic E-state index is 12.6. The summed E-state index contributed by atoms with van der Waals surface area (Å²) in [6.45, 7) is 3.20. The molecule has 0 saturated heterocycles. The van der Waals surface area contributed by atoms with E-state index in [1.165, 1.54) is 40.4 Å². The van der Waals surface area contributed by atoms with E-state index < -0.39 is 22.0 Å². The summed E-state index contributed by atoms with van der Waals surface area (Å²) < 4.78 is 43.0. The second kappa shape index (κ2) is 8.94. The van der Waals surface area contributed by atoms with Crippen molar-refractivity contribution in [2.45, 2.75) is 24.8 Å². The fraction of sp³-hybridized carbons (Fsp3) is 0.316. The van der Waals surface area contributed by atoms with Crippen LogP contribution in [0.4, 0.5) is 5.69 Å². The Bertz CT molecular complexity index is 959. The summed E-state index contributed by atoms with van der Waals surface area (Å²) in [6, 6.07) is 8.34. The summed E-state index contributed by atoms with van der Waals surface area (Å²) in [4.78, 5) is 12.5. The lowest BCUT2D eigenvalue weighted by Gasteiger charge is -2.16. The minimum Gasteiger partial charge on any atom is -0.496 e. The first kappa shape index (κ1) is 21.5. The van der Waals surface area contributed by atoms with Gasteiger partial charge in [0.2, 0.25) is 15.9 Å². The van der Waals surface area contributed by atoms with E-state index in [0.717, 1.165) is 0 Å². The van der Waals surface area contributed by atoms with Crippen LogP contribution in [0, 0.1) is 6.92 Å². The first-order valence-corrected chi connectivity index (χ1v) is 9.90. The van der Waals surface area contributed by atoms with Crippen molar-refractivity contribution < 1.29 is 27.4 Å². The Kier molecular flexibility index (Phi) is 6.87. The van der Waals surface area contributed by atoms with E-state index in [2.05, 4.69) is 10.0 Å². The van der Waals surface area contributed by atoms with Gasteiger partial charge in [0.25, 0.3) is 0 Å². The number of aryl methyl sites for hydroxylation is 1. The molecule has 0 saturated carbocycles. The molecule has 2 N–H and O–H groups in total. The van der Waals surface area contributed by atoms with E-state index in [1.54, 1.807) is 31.2 Å². The normalized spacial score (nSPS) is 12.2. The van der Waals surface area contributed by atoms with E-state index in [9.17, 15) is 13.2 Å². The number of nitrogens with one attached hydrogen (secondary N) is 2. The van der Waals surface area contributed by atoms with Gasteiger partial charge in [-0.2, -0.15) is 4.72 Å². The van der Waals surface area contributed by atoms with Gasteiger partial charge < -0.3 is 19.5 Å². The molecule has 0 spiro atoms. The molecule has 0 aliphatic heterocycles. The maximum absolute atomic E-state index is 12.6. The van der Waals surface area contributed by atoms with Gasteiger partial charge in [0.1, 0.15) is 5.75 Å². The number of hydrogen-bond donors (Lipinski definition) is 2. The van der Waals surface area contributed by atoms with Crippen molar-refractivity contribution in [1.82, 2.24) is 4.72 Å². The van der Waals surface area contributed by atoms with Crippen molar-refractivity contribution in [3.63, 3.8) is 0 Å². The molecule has 2 aromatic rings. The predicted octanol–water partition coefficient (Wildman–Crippen LogP) is 2.33. The summed E-state index contributed by atoms with van der Waals surface area (Å²) >= 11 is 0. The standard InChI is InChI=1S/C19H24N2O6S/c1-12-10-15(7-9-16(12)25-3)28(23,24)21-13(2)19(22)20-14-6-8-17(26-4)18(11-14)27-5/h6-11,13,21H,1-5H3,(H,20,22)/t13-/m1/s1. The van der Waals surface area contributed by atoms with E-state index >= 15 is 0 Å². The highest BCUT2D eigenvalue weighted by Crippen LogP contribution is 2.29. The minimum absolute atomic E-state index is 0.0524. The van der Waals surface area contributed by atoms with E-state index in [0.29, 0.717) is 28.5 Å². The fourth-order valence-corrected chi connectivity index (χ4v) is 3.82. The molecular formula is C19H24N2O6S. The Labute approximate surface area is 164 Å².